The van der Waals surface area contributed by atoms with Crippen molar-refractivity contribution in [1.29, 1.82) is 0 Å². The van der Waals surface area contributed by atoms with Gasteiger partial charge in [-0.25, -0.2) is 14.6 Å². The summed E-state index contributed by atoms with van der Waals surface area (Å²) < 4.78 is 9.60. The van der Waals surface area contributed by atoms with E-state index in [2.05, 4.69) is 27.1 Å². The van der Waals surface area contributed by atoms with Gasteiger partial charge in [0.05, 0.1) is 24.2 Å². The minimum atomic E-state index is -0.217. The van der Waals surface area contributed by atoms with Crippen LogP contribution < -0.4 is 15.8 Å². The number of likely N-dealkylation sites (tertiary alicyclic amines) is 1. The Morgan fingerprint density at radius 3 is 2.67 bits per heavy atom. The lowest BCUT2D eigenvalue weighted by Crippen LogP contribution is -2.34. The summed E-state index contributed by atoms with van der Waals surface area (Å²) in [5, 5.41) is 9.76. The highest BCUT2D eigenvalue weighted by molar-refractivity contribution is 6.07. The first-order chi connectivity index (χ1) is 19.0. The quantitative estimate of drug-likeness (QED) is 0.336. The van der Waals surface area contributed by atoms with Crippen LogP contribution in [0.25, 0.3) is 33.2 Å². The fourth-order valence-electron chi connectivity index (χ4n) is 5.57. The van der Waals surface area contributed by atoms with Crippen LogP contribution in [0.3, 0.4) is 0 Å². The lowest BCUT2D eigenvalue weighted by molar-refractivity contribution is 0.101. The van der Waals surface area contributed by atoms with Crippen molar-refractivity contribution >= 4 is 39.3 Å². The number of aryl methyl sites for hydroxylation is 1. The number of nitrogens with one attached hydrogen (secondary N) is 1. The third-order valence-electron chi connectivity index (χ3n) is 7.78. The Morgan fingerprint density at radius 2 is 1.92 bits per heavy atom. The van der Waals surface area contributed by atoms with E-state index in [9.17, 15) is 4.79 Å². The average molecular weight is 525 g/mol. The zero-order valence-corrected chi connectivity index (χ0v) is 22.4. The molecule has 0 atom stereocenters. The van der Waals surface area contributed by atoms with E-state index in [1.165, 1.54) is 6.33 Å². The summed E-state index contributed by atoms with van der Waals surface area (Å²) in [5.41, 5.74) is 10.7. The molecular weight excluding hydrogens is 492 g/mol. The molecule has 10 nitrogen and oxygen atoms in total. The molecule has 10 heteroatoms. The molecule has 3 N–H and O–H groups in total. The van der Waals surface area contributed by atoms with Crippen molar-refractivity contribution in [3.05, 3.63) is 60.6 Å². The van der Waals surface area contributed by atoms with E-state index in [0.717, 1.165) is 60.0 Å². The molecule has 0 aliphatic carbocycles. The third kappa shape index (κ3) is 4.36. The van der Waals surface area contributed by atoms with Crippen LogP contribution in [0.4, 0.5) is 11.5 Å². The molecule has 2 aromatic carbocycles. The number of fused-ring (bicyclic) bond motifs is 2. The molecule has 1 fully saturated rings. The number of carbonyl (C=O) groups excluding carboxylic acids is 1. The van der Waals surface area contributed by atoms with Gasteiger partial charge in [0.25, 0.3) is 5.91 Å². The van der Waals surface area contributed by atoms with Crippen molar-refractivity contribution in [1.82, 2.24) is 29.2 Å². The van der Waals surface area contributed by atoms with Gasteiger partial charge in [-0.3, -0.25) is 4.79 Å². The maximum absolute atomic E-state index is 13.2. The number of benzene rings is 2. The second kappa shape index (κ2) is 10.0. The van der Waals surface area contributed by atoms with Crippen LogP contribution >= 0.6 is 0 Å². The van der Waals surface area contributed by atoms with Crippen molar-refractivity contribution < 1.29 is 9.53 Å². The zero-order valence-electron chi connectivity index (χ0n) is 22.4. The molecule has 1 aliphatic rings. The maximum Gasteiger partial charge on any atom is 0.272 e. The predicted molar refractivity (Wildman–Crippen MR) is 153 cm³/mol. The number of para-hydroxylation sites is 1. The number of hydrogen-bond acceptors (Lipinski definition) is 7. The third-order valence-corrected chi connectivity index (χ3v) is 7.78. The summed E-state index contributed by atoms with van der Waals surface area (Å²) >= 11 is 0. The van der Waals surface area contributed by atoms with Gasteiger partial charge in [-0.05, 0) is 43.7 Å². The number of hydrogen-bond donors (Lipinski definition) is 2. The Labute approximate surface area is 226 Å². The predicted octanol–water partition coefficient (Wildman–Crippen LogP) is 4.48. The Morgan fingerprint density at radius 1 is 1.13 bits per heavy atom. The molecule has 1 saturated heterocycles. The van der Waals surface area contributed by atoms with Crippen LogP contribution in [0.5, 0.6) is 5.75 Å². The Hall–Kier alpha value is -4.44. The Kier molecular flexibility index (Phi) is 6.40. The fraction of sp³-hybridized carbons (Fsp3) is 0.310. The highest BCUT2D eigenvalue weighted by atomic mass is 16.5. The molecule has 0 bridgehead atoms. The molecule has 5 aromatic rings. The van der Waals surface area contributed by atoms with Gasteiger partial charge in [0.1, 0.15) is 29.3 Å². The number of piperidine rings is 1. The topological polar surface area (TPSA) is 116 Å². The number of rotatable bonds is 6. The second-order valence-electron chi connectivity index (χ2n) is 9.93. The number of ether oxygens (including phenoxy) is 1. The summed E-state index contributed by atoms with van der Waals surface area (Å²) in [6, 6.07) is 15.6. The summed E-state index contributed by atoms with van der Waals surface area (Å²) in [7, 11) is 3.47. The average Bonchev–Trinajstić information content (AvgIpc) is 3.53. The Bertz CT molecular complexity index is 1680. The standard InChI is InChI=1S/C29H32N8O2/c1-4-36-13-11-20(12-14-36)37-28-25(27(30)31-17-32-28)26(34-37)19-9-10-21(24(16-19)39-3)33-29(38)23-15-18-7-5-6-8-22(18)35(23)2/h5-10,15-17,20H,4,11-14H2,1-3H3,(H,33,38)(H2,30,31,32). The molecule has 4 heterocycles. The van der Waals surface area contributed by atoms with Crippen LogP contribution in [0.1, 0.15) is 36.3 Å². The van der Waals surface area contributed by atoms with Crippen molar-refractivity contribution in [2.24, 2.45) is 7.05 Å². The van der Waals surface area contributed by atoms with Gasteiger partial charge < -0.3 is 25.3 Å². The van der Waals surface area contributed by atoms with Gasteiger partial charge >= 0.3 is 0 Å². The molecule has 6 rings (SSSR count). The molecule has 200 valence electrons. The first kappa shape index (κ1) is 24.9. The van der Waals surface area contributed by atoms with E-state index in [-0.39, 0.29) is 11.9 Å². The van der Waals surface area contributed by atoms with Gasteiger partial charge in [0, 0.05) is 36.6 Å². The first-order valence-corrected chi connectivity index (χ1v) is 13.2. The number of aromatic nitrogens is 5. The highest BCUT2D eigenvalue weighted by Crippen LogP contribution is 2.37. The second-order valence-corrected chi connectivity index (χ2v) is 9.93. The zero-order chi connectivity index (χ0) is 27.1. The fourth-order valence-corrected chi connectivity index (χ4v) is 5.57. The van der Waals surface area contributed by atoms with Crippen molar-refractivity contribution in [2.45, 2.75) is 25.8 Å². The van der Waals surface area contributed by atoms with Crippen LogP contribution in [-0.4, -0.2) is 61.9 Å². The van der Waals surface area contributed by atoms with E-state index in [1.807, 2.05) is 64.8 Å². The molecule has 1 aliphatic heterocycles. The molecule has 0 radical (unpaired) electrons. The summed E-state index contributed by atoms with van der Waals surface area (Å²) in [5.74, 6) is 0.693. The molecule has 3 aromatic heterocycles. The molecule has 39 heavy (non-hydrogen) atoms. The maximum atomic E-state index is 13.2. The number of amides is 1. The van der Waals surface area contributed by atoms with Crippen molar-refractivity contribution in [2.75, 3.05) is 37.8 Å². The summed E-state index contributed by atoms with van der Waals surface area (Å²) in [6.07, 6.45) is 3.49. The molecule has 0 unspecified atom stereocenters. The van der Waals surface area contributed by atoms with Gasteiger partial charge in [-0.15, -0.1) is 0 Å². The number of carbonyl (C=O) groups is 1. The molecular formula is C29H32N8O2. The molecule has 0 spiro atoms. The van der Waals surface area contributed by atoms with Crippen LogP contribution in [0.2, 0.25) is 0 Å². The SMILES string of the molecule is CCN1CCC(n2nc(-c3ccc(NC(=O)c4cc5ccccc5n4C)c(OC)c3)c3c(N)ncnc32)CC1. The summed E-state index contributed by atoms with van der Waals surface area (Å²) in [4.78, 5) is 24.5. The number of anilines is 2. The smallest absolute Gasteiger partial charge is 0.272 e. The van der Waals surface area contributed by atoms with E-state index in [4.69, 9.17) is 15.6 Å². The minimum Gasteiger partial charge on any atom is -0.495 e. The van der Waals surface area contributed by atoms with E-state index in [0.29, 0.717) is 28.6 Å². The van der Waals surface area contributed by atoms with Gasteiger partial charge in [0.15, 0.2) is 5.65 Å². The van der Waals surface area contributed by atoms with E-state index < -0.39 is 0 Å². The van der Waals surface area contributed by atoms with E-state index >= 15 is 0 Å². The minimum absolute atomic E-state index is 0.217. The normalized spacial score (nSPS) is 14.7. The van der Waals surface area contributed by atoms with Gasteiger partial charge in [-0.1, -0.05) is 31.2 Å². The lowest BCUT2D eigenvalue weighted by Gasteiger charge is -2.31. The number of nitrogens with two attached hydrogens (primary N) is 1. The van der Waals surface area contributed by atoms with Gasteiger partial charge in [-0.2, -0.15) is 5.10 Å². The van der Waals surface area contributed by atoms with Crippen LogP contribution in [-0.2, 0) is 7.05 Å². The summed E-state index contributed by atoms with van der Waals surface area (Å²) in [6.45, 7) is 5.29. The largest absolute Gasteiger partial charge is 0.495 e. The van der Waals surface area contributed by atoms with E-state index in [1.54, 1.807) is 7.11 Å². The highest BCUT2D eigenvalue weighted by Gasteiger charge is 2.26. The molecule has 1 amide bonds. The van der Waals surface area contributed by atoms with Crippen LogP contribution in [0, 0.1) is 0 Å². The number of nitrogens with zero attached hydrogens (tertiary/aromatic N) is 6. The first-order valence-electron chi connectivity index (χ1n) is 13.2. The number of methoxy groups -OCH3 is 1. The number of nitrogen functional groups attached to an aromatic ring is 1. The van der Waals surface area contributed by atoms with Crippen molar-refractivity contribution in [3.63, 3.8) is 0 Å². The van der Waals surface area contributed by atoms with Crippen molar-refractivity contribution in [3.8, 4) is 17.0 Å². The van der Waals surface area contributed by atoms with Crippen LogP contribution in [0.15, 0.2) is 54.9 Å². The molecule has 0 saturated carbocycles. The lowest BCUT2D eigenvalue weighted by atomic mass is 10.1. The van der Waals surface area contributed by atoms with Gasteiger partial charge in [0.2, 0.25) is 0 Å². The monoisotopic (exact) mass is 524 g/mol. The Balaban J connectivity index is 1.34.